The summed E-state index contributed by atoms with van der Waals surface area (Å²) in [6, 6.07) is 14.7. The predicted molar refractivity (Wildman–Crippen MR) is 94.1 cm³/mol. The van der Waals surface area contributed by atoms with Crippen LogP contribution >= 0.6 is 11.8 Å². The fourth-order valence-corrected chi connectivity index (χ4v) is 3.49. The number of rotatable bonds is 10. The fourth-order valence-electron chi connectivity index (χ4n) is 2.46. The number of unbranched alkanes of at least 4 members (excludes halogenated alkanes) is 4. The Hall–Kier alpha value is -1.32. The van der Waals surface area contributed by atoms with Gasteiger partial charge in [0, 0.05) is 11.1 Å². The molecule has 0 fully saturated rings. The normalized spacial score (nSPS) is 10.8. The quantitative estimate of drug-likeness (QED) is 0.502. The second-order valence-electron chi connectivity index (χ2n) is 5.46. The lowest BCUT2D eigenvalue weighted by Crippen LogP contribution is -1.92. The molecule has 0 radical (unpaired) electrons. The zero-order chi connectivity index (χ0) is 15.5. The molecule has 0 unspecified atom stereocenters. The fraction of sp³-hybridized carbons (Fsp3) is 0.421. The second kappa shape index (κ2) is 10.4. The van der Waals surface area contributed by atoms with Crippen molar-refractivity contribution in [2.24, 2.45) is 0 Å². The third-order valence-corrected chi connectivity index (χ3v) is 4.88. The van der Waals surface area contributed by atoms with Gasteiger partial charge in [0.15, 0.2) is 0 Å². The van der Waals surface area contributed by atoms with Gasteiger partial charge in [-0.1, -0.05) is 49.6 Å². The first kappa shape index (κ1) is 17.0. The molecular weight excluding hydrogens is 290 g/mol. The zero-order valence-electron chi connectivity index (χ0n) is 13.1. The van der Waals surface area contributed by atoms with Gasteiger partial charge in [-0.3, -0.25) is 4.98 Å². The van der Waals surface area contributed by atoms with Crippen LogP contribution in [0.3, 0.4) is 0 Å². The largest absolute Gasteiger partial charge is 0.390 e. The maximum atomic E-state index is 9.24. The highest BCUT2D eigenvalue weighted by Crippen LogP contribution is 2.22. The molecule has 0 aliphatic heterocycles. The first-order valence-electron chi connectivity index (χ1n) is 8.11. The summed E-state index contributed by atoms with van der Waals surface area (Å²) in [7, 11) is 0. The van der Waals surface area contributed by atoms with Crippen LogP contribution in [0.25, 0.3) is 0 Å². The standard InChI is InChI=1S/C19H25NOS/c21-16-18-19(13-9-14-20-18)22-15-8-3-1-2-5-10-17-11-6-4-7-12-17/h4,6-7,9,11-14,21H,1-3,5,8,10,15-16H2. The number of hydrogen-bond acceptors (Lipinski definition) is 3. The summed E-state index contributed by atoms with van der Waals surface area (Å²) >= 11 is 1.81. The number of nitrogens with zero attached hydrogens (tertiary/aromatic N) is 1. The lowest BCUT2D eigenvalue weighted by Gasteiger charge is -2.06. The monoisotopic (exact) mass is 315 g/mol. The van der Waals surface area contributed by atoms with Crippen molar-refractivity contribution < 1.29 is 5.11 Å². The molecule has 1 aromatic carbocycles. The smallest absolute Gasteiger partial charge is 0.0864 e. The maximum absolute atomic E-state index is 9.24. The van der Waals surface area contributed by atoms with Crippen LogP contribution in [0.5, 0.6) is 0 Å². The van der Waals surface area contributed by atoms with Crippen molar-refractivity contribution in [1.29, 1.82) is 0 Å². The highest BCUT2D eigenvalue weighted by molar-refractivity contribution is 7.99. The highest BCUT2D eigenvalue weighted by atomic mass is 32.2. The topological polar surface area (TPSA) is 33.1 Å². The molecule has 0 saturated carbocycles. The Morgan fingerprint density at radius 2 is 1.64 bits per heavy atom. The zero-order valence-corrected chi connectivity index (χ0v) is 13.9. The van der Waals surface area contributed by atoms with Crippen molar-refractivity contribution in [3.05, 3.63) is 59.9 Å². The van der Waals surface area contributed by atoms with Crippen molar-refractivity contribution in [2.75, 3.05) is 5.75 Å². The molecule has 22 heavy (non-hydrogen) atoms. The average molecular weight is 315 g/mol. The van der Waals surface area contributed by atoms with Crippen LogP contribution in [-0.4, -0.2) is 15.8 Å². The minimum atomic E-state index is 0.0304. The molecule has 0 amide bonds. The van der Waals surface area contributed by atoms with E-state index in [-0.39, 0.29) is 6.61 Å². The van der Waals surface area contributed by atoms with E-state index in [2.05, 4.69) is 35.3 Å². The molecule has 0 spiro atoms. The molecular formula is C19H25NOS. The minimum Gasteiger partial charge on any atom is -0.390 e. The lowest BCUT2D eigenvalue weighted by molar-refractivity contribution is 0.273. The van der Waals surface area contributed by atoms with Crippen LogP contribution in [0.2, 0.25) is 0 Å². The van der Waals surface area contributed by atoms with E-state index in [0.717, 1.165) is 16.3 Å². The number of thioether (sulfide) groups is 1. The van der Waals surface area contributed by atoms with E-state index in [1.807, 2.05) is 23.9 Å². The number of aromatic nitrogens is 1. The van der Waals surface area contributed by atoms with Gasteiger partial charge in [0.05, 0.1) is 12.3 Å². The summed E-state index contributed by atoms with van der Waals surface area (Å²) in [6.07, 6.45) is 9.37. The van der Waals surface area contributed by atoms with E-state index in [4.69, 9.17) is 0 Å². The Balaban J connectivity index is 1.51. The number of pyridine rings is 1. The van der Waals surface area contributed by atoms with E-state index in [0.29, 0.717) is 0 Å². The van der Waals surface area contributed by atoms with E-state index >= 15 is 0 Å². The van der Waals surface area contributed by atoms with Crippen LogP contribution in [0.15, 0.2) is 53.6 Å². The Bertz CT molecular complexity index is 530. The Kier molecular flexibility index (Phi) is 8.07. The van der Waals surface area contributed by atoms with Gasteiger partial charge in [-0.2, -0.15) is 0 Å². The molecule has 0 saturated heterocycles. The van der Waals surface area contributed by atoms with E-state index in [9.17, 15) is 5.11 Å². The van der Waals surface area contributed by atoms with Gasteiger partial charge < -0.3 is 5.11 Å². The third kappa shape index (κ3) is 6.20. The lowest BCUT2D eigenvalue weighted by atomic mass is 10.1. The molecule has 0 aliphatic carbocycles. The molecule has 3 heteroatoms. The molecule has 2 rings (SSSR count). The summed E-state index contributed by atoms with van der Waals surface area (Å²) in [6.45, 7) is 0.0304. The second-order valence-corrected chi connectivity index (χ2v) is 6.59. The summed E-state index contributed by atoms with van der Waals surface area (Å²) in [5, 5.41) is 9.24. The summed E-state index contributed by atoms with van der Waals surface area (Å²) in [5.41, 5.74) is 2.25. The SMILES string of the molecule is OCc1ncccc1SCCCCCCCc1ccccc1. The third-order valence-electron chi connectivity index (χ3n) is 3.71. The summed E-state index contributed by atoms with van der Waals surface area (Å²) in [5.74, 6) is 1.11. The van der Waals surface area contributed by atoms with Crippen molar-refractivity contribution >= 4 is 11.8 Å². The Labute approximate surface area is 138 Å². The summed E-state index contributed by atoms with van der Waals surface area (Å²) in [4.78, 5) is 5.31. The van der Waals surface area contributed by atoms with Crippen LogP contribution < -0.4 is 0 Å². The van der Waals surface area contributed by atoms with Crippen molar-refractivity contribution in [3.8, 4) is 0 Å². The van der Waals surface area contributed by atoms with Crippen molar-refractivity contribution in [3.63, 3.8) is 0 Å². The molecule has 2 aromatic rings. The number of hydrogen-bond donors (Lipinski definition) is 1. The number of aliphatic hydroxyl groups is 1. The van der Waals surface area contributed by atoms with E-state index in [1.165, 1.54) is 44.1 Å². The van der Waals surface area contributed by atoms with Gasteiger partial charge in [-0.25, -0.2) is 0 Å². The van der Waals surface area contributed by atoms with Crippen LogP contribution in [0, 0.1) is 0 Å². The minimum absolute atomic E-state index is 0.0304. The molecule has 0 bridgehead atoms. The van der Waals surface area contributed by atoms with Gasteiger partial charge >= 0.3 is 0 Å². The van der Waals surface area contributed by atoms with Gasteiger partial charge in [0.1, 0.15) is 0 Å². The maximum Gasteiger partial charge on any atom is 0.0864 e. The van der Waals surface area contributed by atoms with Crippen molar-refractivity contribution in [1.82, 2.24) is 4.98 Å². The molecule has 118 valence electrons. The highest BCUT2D eigenvalue weighted by Gasteiger charge is 2.02. The molecule has 0 atom stereocenters. The number of benzene rings is 1. The summed E-state index contributed by atoms with van der Waals surface area (Å²) < 4.78 is 0. The Morgan fingerprint density at radius 3 is 2.45 bits per heavy atom. The molecule has 0 aliphatic rings. The van der Waals surface area contributed by atoms with Gasteiger partial charge in [-0.05, 0) is 42.7 Å². The molecule has 2 nitrogen and oxygen atoms in total. The predicted octanol–water partition coefficient (Wildman–Crippen LogP) is 4.86. The Morgan fingerprint density at radius 1 is 0.864 bits per heavy atom. The van der Waals surface area contributed by atoms with E-state index in [1.54, 1.807) is 6.20 Å². The van der Waals surface area contributed by atoms with Gasteiger partial charge in [-0.15, -0.1) is 11.8 Å². The number of aryl methyl sites for hydroxylation is 1. The molecule has 1 N–H and O–H groups in total. The van der Waals surface area contributed by atoms with Crippen molar-refractivity contribution in [2.45, 2.75) is 50.0 Å². The first-order valence-corrected chi connectivity index (χ1v) is 9.10. The molecule has 1 aromatic heterocycles. The van der Waals surface area contributed by atoms with E-state index < -0.39 is 0 Å². The number of aliphatic hydroxyl groups excluding tert-OH is 1. The average Bonchev–Trinajstić information content (AvgIpc) is 2.58. The molecule has 1 heterocycles. The first-order chi connectivity index (χ1) is 10.9. The van der Waals surface area contributed by atoms with Crippen LogP contribution in [-0.2, 0) is 13.0 Å². The van der Waals surface area contributed by atoms with Gasteiger partial charge in [0.2, 0.25) is 0 Å². The van der Waals surface area contributed by atoms with Crippen LogP contribution in [0.1, 0.15) is 43.4 Å². The van der Waals surface area contributed by atoms with Gasteiger partial charge in [0.25, 0.3) is 0 Å². The van der Waals surface area contributed by atoms with Crippen LogP contribution in [0.4, 0.5) is 0 Å².